The Morgan fingerprint density at radius 2 is 1.62 bits per heavy atom. The molecule has 0 saturated carbocycles. The first-order chi connectivity index (χ1) is 15.4. The fourth-order valence-corrected chi connectivity index (χ4v) is 5.53. The van der Waals surface area contributed by atoms with E-state index in [0.29, 0.717) is 38.2 Å². The second-order valence-electron chi connectivity index (χ2n) is 8.04. The molecule has 0 N–H and O–H groups in total. The summed E-state index contributed by atoms with van der Waals surface area (Å²) in [4.78, 5) is 15.0. The molecule has 0 radical (unpaired) electrons. The molecule has 2 heterocycles. The van der Waals surface area contributed by atoms with Gasteiger partial charge in [0.1, 0.15) is 0 Å². The van der Waals surface area contributed by atoms with Crippen molar-refractivity contribution in [2.75, 3.05) is 26.2 Å². The largest absolute Gasteiger partial charge is 0.336 e. The van der Waals surface area contributed by atoms with E-state index < -0.39 is 10.0 Å². The lowest BCUT2D eigenvalue weighted by Gasteiger charge is -2.34. The highest BCUT2D eigenvalue weighted by Crippen LogP contribution is 2.20. The first-order valence-electron chi connectivity index (χ1n) is 10.8. The van der Waals surface area contributed by atoms with Crippen LogP contribution in [0.3, 0.4) is 0 Å². The van der Waals surface area contributed by atoms with Gasteiger partial charge in [0.25, 0.3) is 5.91 Å². The Kier molecular flexibility index (Phi) is 6.43. The summed E-state index contributed by atoms with van der Waals surface area (Å²) >= 11 is 0. The van der Waals surface area contributed by atoms with Crippen molar-refractivity contribution < 1.29 is 13.2 Å². The van der Waals surface area contributed by atoms with Crippen molar-refractivity contribution in [1.82, 2.24) is 19.0 Å². The molecule has 0 aliphatic carbocycles. The van der Waals surface area contributed by atoms with Gasteiger partial charge in [-0.25, -0.2) is 13.1 Å². The highest BCUT2D eigenvalue weighted by atomic mass is 32.2. The van der Waals surface area contributed by atoms with Gasteiger partial charge in [-0.2, -0.15) is 9.40 Å². The first kappa shape index (κ1) is 22.2. The number of rotatable bonds is 6. The third-order valence-corrected chi connectivity index (χ3v) is 7.67. The number of sulfonamides is 1. The molecular formula is C24H28N4O3S. The number of piperazine rings is 1. The predicted molar refractivity (Wildman–Crippen MR) is 124 cm³/mol. The molecule has 8 heteroatoms. The fourth-order valence-electron chi connectivity index (χ4n) is 4.02. The molecule has 3 aromatic rings. The van der Waals surface area contributed by atoms with Crippen molar-refractivity contribution in [3.8, 4) is 5.69 Å². The number of aryl methyl sites for hydroxylation is 1. The highest BCUT2D eigenvalue weighted by molar-refractivity contribution is 7.88. The van der Waals surface area contributed by atoms with Crippen LogP contribution >= 0.6 is 0 Å². The van der Waals surface area contributed by atoms with Crippen LogP contribution in [0.15, 0.2) is 60.8 Å². The van der Waals surface area contributed by atoms with Gasteiger partial charge in [-0.05, 0) is 31.0 Å². The number of amides is 1. The molecule has 2 aromatic carbocycles. The number of carbonyl (C=O) groups is 1. The highest BCUT2D eigenvalue weighted by Gasteiger charge is 2.30. The number of carbonyl (C=O) groups excluding carboxylic acids is 1. The van der Waals surface area contributed by atoms with Crippen LogP contribution in [0.4, 0.5) is 0 Å². The molecular weight excluding hydrogens is 424 g/mol. The van der Waals surface area contributed by atoms with Crippen LogP contribution in [0.1, 0.15) is 34.1 Å². The van der Waals surface area contributed by atoms with Gasteiger partial charge >= 0.3 is 0 Å². The van der Waals surface area contributed by atoms with E-state index in [4.69, 9.17) is 0 Å². The molecule has 7 nitrogen and oxygen atoms in total. The molecule has 1 amide bonds. The molecule has 1 aliphatic rings. The van der Waals surface area contributed by atoms with Gasteiger partial charge in [0.15, 0.2) is 0 Å². The number of aromatic nitrogens is 2. The summed E-state index contributed by atoms with van der Waals surface area (Å²) in [6.45, 7) is 5.37. The van der Waals surface area contributed by atoms with E-state index in [1.54, 1.807) is 11.1 Å². The quantitative estimate of drug-likeness (QED) is 0.576. The number of hydrogen-bond donors (Lipinski definition) is 0. The lowest BCUT2D eigenvalue weighted by molar-refractivity contribution is 0.0696. The van der Waals surface area contributed by atoms with Crippen LogP contribution in [0.25, 0.3) is 5.69 Å². The molecule has 1 fully saturated rings. The third-order valence-electron chi connectivity index (χ3n) is 5.82. The minimum Gasteiger partial charge on any atom is -0.336 e. The second kappa shape index (κ2) is 9.26. The Morgan fingerprint density at radius 1 is 0.969 bits per heavy atom. The normalized spacial score (nSPS) is 15.1. The number of benzene rings is 2. The smallest absolute Gasteiger partial charge is 0.257 e. The van der Waals surface area contributed by atoms with Crippen LogP contribution in [-0.2, 0) is 22.2 Å². The average molecular weight is 453 g/mol. The second-order valence-corrected chi connectivity index (χ2v) is 10.0. The molecule has 0 bridgehead atoms. The molecule has 4 rings (SSSR count). The Morgan fingerprint density at radius 3 is 2.25 bits per heavy atom. The summed E-state index contributed by atoms with van der Waals surface area (Å²) in [6.07, 6.45) is 2.29. The lowest BCUT2D eigenvalue weighted by atomic mass is 10.1. The number of nitrogens with zero attached hydrogens (tertiary/aromatic N) is 4. The average Bonchev–Trinajstić information content (AvgIpc) is 3.23. The molecule has 0 atom stereocenters. The third kappa shape index (κ3) is 4.61. The summed E-state index contributed by atoms with van der Waals surface area (Å²) < 4.78 is 28.9. The zero-order chi connectivity index (χ0) is 22.7. The van der Waals surface area contributed by atoms with Gasteiger partial charge in [0.2, 0.25) is 10.0 Å². The topological polar surface area (TPSA) is 75.5 Å². The molecule has 1 aliphatic heterocycles. The summed E-state index contributed by atoms with van der Waals surface area (Å²) in [5.41, 5.74) is 4.28. The van der Waals surface area contributed by atoms with E-state index in [2.05, 4.69) is 5.10 Å². The fraction of sp³-hybridized carbons (Fsp3) is 0.333. The van der Waals surface area contributed by atoms with E-state index in [1.807, 2.05) is 73.1 Å². The van der Waals surface area contributed by atoms with Crippen molar-refractivity contribution in [1.29, 1.82) is 0 Å². The van der Waals surface area contributed by atoms with Gasteiger partial charge < -0.3 is 4.90 Å². The summed E-state index contributed by atoms with van der Waals surface area (Å²) in [6, 6.07) is 17.2. The Balaban J connectivity index is 1.45. The van der Waals surface area contributed by atoms with Gasteiger partial charge in [-0.3, -0.25) is 4.79 Å². The van der Waals surface area contributed by atoms with E-state index in [1.165, 1.54) is 4.31 Å². The molecule has 168 valence electrons. The molecule has 0 unspecified atom stereocenters. The van der Waals surface area contributed by atoms with Crippen LogP contribution in [0, 0.1) is 6.92 Å². The predicted octanol–water partition coefficient (Wildman–Crippen LogP) is 3.03. The van der Waals surface area contributed by atoms with Crippen molar-refractivity contribution in [3.63, 3.8) is 0 Å². The summed E-state index contributed by atoms with van der Waals surface area (Å²) in [5.74, 6) is -0.120. The minimum absolute atomic E-state index is 0.0227. The Bertz CT molecular complexity index is 1180. The molecule has 0 spiro atoms. The lowest BCUT2D eigenvalue weighted by Crippen LogP contribution is -2.50. The monoisotopic (exact) mass is 452 g/mol. The summed E-state index contributed by atoms with van der Waals surface area (Å²) in [7, 11) is -3.42. The van der Waals surface area contributed by atoms with Crippen LogP contribution in [-0.4, -0.2) is 59.5 Å². The van der Waals surface area contributed by atoms with Gasteiger partial charge in [0.05, 0.1) is 28.9 Å². The number of hydrogen-bond acceptors (Lipinski definition) is 4. The van der Waals surface area contributed by atoms with Gasteiger partial charge in [-0.15, -0.1) is 0 Å². The SMILES string of the molecule is CCc1c(C(=O)N2CCN(S(=O)(=O)Cc3ccccc3)CC2)cnn1-c1ccc(C)cc1. The summed E-state index contributed by atoms with van der Waals surface area (Å²) in [5, 5.41) is 4.47. The Hall–Kier alpha value is -2.97. The maximum Gasteiger partial charge on any atom is 0.257 e. The van der Waals surface area contributed by atoms with Crippen LogP contribution in [0.2, 0.25) is 0 Å². The molecule has 1 aromatic heterocycles. The van der Waals surface area contributed by atoms with E-state index in [0.717, 1.165) is 22.5 Å². The zero-order valence-electron chi connectivity index (χ0n) is 18.4. The minimum atomic E-state index is -3.42. The maximum absolute atomic E-state index is 13.2. The molecule has 32 heavy (non-hydrogen) atoms. The van der Waals surface area contributed by atoms with Crippen LogP contribution in [0.5, 0.6) is 0 Å². The van der Waals surface area contributed by atoms with E-state index >= 15 is 0 Å². The first-order valence-corrected chi connectivity index (χ1v) is 12.4. The van der Waals surface area contributed by atoms with Crippen LogP contribution < -0.4 is 0 Å². The van der Waals surface area contributed by atoms with E-state index in [-0.39, 0.29) is 11.7 Å². The van der Waals surface area contributed by atoms with Crippen molar-refractivity contribution in [2.45, 2.75) is 26.0 Å². The Labute approximate surface area is 189 Å². The van der Waals surface area contributed by atoms with Gasteiger partial charge in [0, 0.05) is 26.2 Å². The van der Waals surface area contributed by atoms with Crippen molar-refractivity contribution in [2.24, 2.45) is 0 Å². The van der Waals surface area contributed by atoms with Gasteiger partial charge in [-0.1, -0.05) is 55.0 Å². The molecule has 1 saturated heterocycles. The maximum atomic E-state index is 13.2. The van der Waals surface area contributed by atoms with E-state index in [9.17, 15) is 13.2 Å². The van der Waals surface area contributed by atoms with Crippen molar-refractivity contribution in [3.05, 3.63) is 83.2 Å². The van der Waals surface area contributed by atoms with Crippen molar-refractivity contribution >= 4 is 15.9 Å². The standard InChI is InChI=1S/C24H28N4O3S/c1-3-23-22(17-25-28(23)21-11-9-19(2)10-12-21)24(29)26-13-15-27(16-14-26)32(30,31)18-20-7-5-4-6-8-20/h4-12,17H,3,13-16,18H2,1-2H3. The zero-order valence-corrected chi connectivity index (χ0v) is 19.3.